The molecule has 4 rings (SSSR count). The molecule has 0 saturated carbocycles. The normalized spacial score (nSPS) is 17.8. The van der Waals surface area contributed by atoms with Gasteiger partial charge in [-0.1, -0.05) is 45.7 Å². The zero-order chi connectivity index (χ0) is 22.1. The van der Waals surface area contributed by atoms with E-state index in [4.69, 9.17) is 0 Å². The van der Waals surface area contributed by atoms with Gasteiger partial charge in [0.1, 0.15) is 5.71 Å². The first-order valence-electron chi connectivity index (χ1n) is 10.3. The first-order valence-corrected chi connectivity index (χ1v) is 11.9. The number of nitrogens with zero attached hydrogens (tertiary/aromatic N) is 2. The first kappa shape index (κ1) is 21.8. The van der Waals surface area contributed by atoms with E-state index in [9.17, 15) is 0 Å². The molecule has 0 saturated heterocycles. The molecule has 1 aromatic heterocycles. The minimum atomic E-state index is -3.98. The Bertz CT molecular complexity index is 1180. The topological polar surface area (TPSA) is 7.94 Å². The number of hydrogen-bond acceptors (Lipinski definition) is 0. The van der Waals surface area contributed by atoms with Crippen molar-refractivity contribution in [1.82, 2.24) is 4.48 Å². The molecular formula is C23H25BBr2F2N2. The van der Waals surface area contributed by atoms with Crippen LogP contribution in [0.4, 0.5) is 8.63 Å². The van der Waals surface area contributed by atoms with E-state index in [0.717, 1.165) is 55.2 Å². The molecule has 0 unspecified atom stereocenters. The van der Waals surface area contributed by atoms with Crippen LogP contribution in [0.1, 0.15) is 62.2 Å². The SMILES string of the molecule is CCC1=C(C)C2=C(c3cc(Br)cc(Br)c3)c3c(C)c(CC)c(C)n3[B-](F)(F)[N+]2=C1C. The molecule has 158 valence electrons. The average molecular weight is 538 g/mol. The standard InChI is InChI=1S/C23H25BBr2F2N2/c1-7-19-12(3)22-21(16-9-17(25)11-18(26)10-16)23-13(4)20(8-2)15(6)30(23)24(27,28)29(22)14(19)5/h9-11H,7-8H2,1-6H3. The van der Waals surface area contributed by atoms with E-state index in [0.29, 0.717) is 22.8 Å². The lowest BCUT2D eigenvalue weighted by molar-refractivity contribution is -0.363. The number of hydrogen-bond donors (Lipinski definition) is 0. The maximum atomic E-state index is 16.2. The Morgan fingerprint density at radius 3 is 2.10 bits per heavy atom. The predicted octanol–water partition coefficient (Wildman–Crippen LogP) is 7.40. The summed E-state index contributed by atoms with van der Waals surface area (Å²) in [5, 5.41) is 0. The summed E-state index contributed by atoms with van der Waals surface area (Å²) in [6.07, 6.45) is 1.46. The average Bonchev–Trinajstić information content (AvgIpc) is 3.06. The molecule has 7 heteroatoms. The quantitative estimate of drug-likeness (QED) is 0.360. The fourth-order valence-electron chi connectivity index (χ4n) is 5.45. The molecule has 3 heterocycles. The van der Waals surface area contributed by atoms with Gasteiger partial charge in [0.15, 0.2) is 5.70 Å². The van der Waals surface area contributed by atoms with Crippen molar-refractivity contribution in [2.24, 2.45) is 0 Å². The second-order valence-electron chi connectivity index (χ2n) is 8.14. The second-order valence-corrected chi connectivity index (χ2v) is 9.98. The Morgan fingerprint density at radius 1 is 0.967 bits per heavy atom. The molecule has 0 amide bonds. The molecule has 0 bridgehead atoms. The van der Waals surface area contributed by atoms with Crippen LogP contribution in [0.5, 0.6) is 0 Å². The van der Waals surface area contributed by atoms with Gasteiger partial charge < -0.3 is 17.6 Å². The van der Waals surface area contributed by atoms with Crippen LogP contribution < -0.4 is 0 Å². The van der Waals surface area contributed by atoms with Crippen molar-refractivity contribution in [3.8, 4) is 0 Å². The van der Waals surface area contributed by atoms with Gasteiger partial charge in [0.25, 0.3) is 0 Å². The number of benzene rings is 1. The summed E-state index contributed by atoms with van der Waals surface area (Å²) in [6.45, 7) is 7.72. The van der Waals surface area contributed by atoms with Crippen molar-refractivity contribution in [2.45, 2.75) is 54.4 Å². The van der Waals surface area contributed by atoms with E-state index < -0.39 is 6.97 Å². The van der Waals surface area contributed by atoms with Gasteiger partial charge in [0, 0.05) is 32.7 Å². The molecule has 0 spiro atoms. The van der Waals surface area contributed by atoms with Crippen LogP contribution >= 0.6 is 31.9 Å². The maximum Gasteiger partial charge on any atom is 0.737 e. The third-order valence-corrected chi connectivity index (χ3v) is 7.56. The van der Waals surface area contributed by atoms with Crippen LogP contribution in [0.15, 0.2) is 44.0 Å². The third-order valence-electron chi connectivity index (χ3n) is 6.65. The van der Waals surface area contributed by atoms with Crippen molar-refractivity contribution < 1.29 is 13.1 Å². The minimum Gasteiger partial charge on any atom is -0.393 e. The van der Waals surface area contributed by atoms with E-state index >= 15 is 8.63 Å². The van der Waals surface area contributed by atoms with Crippen molar-refractivity contribution in [2.75, 3.05) is 0 Å². The van der Waals surface area contributed by atoms with E-state index in [1.165, 1.54) is 8.96 Å². The minimum absolute atomic E-state index is 0.648. The molecular weight excluding hydrogens is 513 g/mol. The van der Waals surface area contributed by atoms with Gasteiger partial charge in [-0.2, -0.15) is 0 Å². The van der Waals surface area contributed by atoms with Gasteiger partial charge in [-0.25, -0.2) is 0 Å². The highest BCUT2D eigenvalue weighted by Gasteiger charge is 2.56. The molecule has 0 N–H and O–H groups in total. The van der Waals surface area contributed by atoms with Gasteiger partial charge in [-0.3, -0.25) is 0 Å². The molecule has 2 aromatic rings. The molecule has 0 fully saturated rings. The highest BCUT2D eigenvalue weighted by Crippen LogP contribution is 2.47. The van der Waals surface area contributed by atoms with Crippen LogP contribution in [0.2, 0.25) is 0 Å². The Labute approximate surface area is 193 Å². The summed E-state index contributed by atoms with van der Waals surface area (Å²) in [4.78, 5) is 0. The molecule has 2 aliphatic heterocycles. The monoisotopic (exact) mass is 536 g/mol. The van der Waals surface area contributed by atoms with Crippen LogP contribution in [0.25, 0.3) is 5.57 Å². The van der Waals surface area contributed by atoms with Crippen molar-refractivity contribution >= 4 is 50.1 Å². The van der Waals surface area contributed by atoms with Crippen LogP contribution in [-0.4, -0.2) is 21.6 Å². The maximum absolute atomic E-state index is 16.2. The zero-order valence-corrected chi connectivity index (χ0v) is 21.3. The third kappa shape index (κ3) is 2.81. The van der Waals surface area contributed by atoms with Crippen LogP contribution in [-0.2, 0) is 6.42 Å². The van der Waals surface area contributed by atoms with E-state index in [1.54, 1.807) is 0 Å². The van der Waals surface area contributed by atoms with Crippen LogP contribution in [0.3, 0.4) is 0 Å². The predicted molar refractivity (Wildman–Crippen MR) is 128 cm³/mol. The number of rotatable bonds is 3. The van der Waals surface area contributed by atoms with E-state index in [2.05, 4.69) is 31.9 Å². The molecule has 0 aliphatic carbocycles. The Hall–Kier alpha value is -1.47. The Morgan fingerprint density at radius 2 is 1.57 bits per heavy atom. The second kappa shape index (κ2) is 7.30. The van der Waals surface area contributed by atoms with Gasteiger partial charge >= 0.3 is 6.97 Å². The molecule has 30 heavy (non-hydrogen) atoms. The van der Waals surface area contributed by atoms with Crippen molar-refractivity contribution in [3.63, 3.8) is 0 Å². The van der Waals surface area contributed by atoms with Crippen LogP contribution in [0, 0.1) is 13.8 Å². The van der Waals surface area contributed by atoms with Gasteiger partial charge in [0.2, 0.25) is 0 Å². The highest BCUT2D eigenvalue weighted by molar-refractivity contribution is 9.11. The fourth-order valence-corrected chi connectivity index (χ4v) is 6.74. The van der Waals surface area contributed by atoms with Crippen molar-refractivity contribution in [3.05, 3.63) is 72.1 Å². The highest BCUT2D eigenvalue weighted by atomic mass is 79.9. The molecule has 2 aliphatic rings. The lowest BCUT2D eigenvalue weighted by Crippen LogP contribution is -2.51. The van der Waals surface area contributed by atoms with E-state index in [-0.39, 0.29) is 0 Å². The summed E-state index contributed by atoms with van der Waals surface area (Å²) in [7, 11) is 0. The summed E-state index contributed by atoms with van der Waals surface area (Å²) in [5.41, 5.74) is 8.35. The fraction of sp³-hybridized carbons (Fsp3) is 0.348. The Balaban J connectivity index is 2.25. The molecule has 1 aromatic carbocycles. The largest absolute Gasteiger partial charge is 0.737 e. The van der Waals surface area contributed by atoms with Gasteiger partial charge in [-0.15, -0.1) is 0 Å². The zero-order valence-electron chi connectivity index (χ0n) is 18.1. The smallest absolute Gasteiger partial charge is 0.393 e. The number of halogens is 4. The lowest BCUT2D eigenvalue weighted by Gasteiger charge is -2.34. The lowest BCUT2D eigenvalue weighted by atomic mass is 9.83. The van der Waals surface area contributed by atoms with Crippen molar-refractivity contribution in [1.29, 1.82) is 0 Å². The van der Waals surface area contributed by atoms with Gasteiger partial charge in [0.05, 0.1) is 5.57 Å². The Kier molecular flexibility index (Phi) is 5.29. The summed E-state index contributed by atoms with van der Waals surface area (Å²) < 4.78 is 36.8. The number of allylic oxidation sites excluding steroid dienone is 2. The summed E-state index contributed by atoms with van der Waals surface area (Å²) in [6, 6.07) is 6.01. The summed E-state index contributed by atoms with van der Waals surface area (Å²) >= 11 is 7.17. The van der Waals surface area contributed by atoms with E-state index in [1.807, 2.05) is 59.7 Å². The number of fused-ring (bicyclic) bond motifs is 2. The number of aromatic nitrogens is 1. The van der Waals surface area contributed by atoms with Gasteiger partial charge in [-0.05, 0) is 74.2 Å². The summed E-state index contributed by atoms with van der Waals surface area (Å²) in [5.74, 6) is 0. The first-order chi connectivity index (χ1) is 14.1. The molecule has 2 nitrogen and oxygen atoms in total. The molecule has 0 atom stereocenters. The molecule has 0 radical (unpaired) electrons.